The van der Waals surface area contributed by atoms with Gasteiger partial charge in [0.2, 0.25) is 5.91 Å². The standard InChI is InChI=1S/C27H35N3O2/c1-19(2)22-13-7-10-16-25(22)32-18-17-30-24-15-9-8-14-23(24)29-26(30)20(3)28-27(31)21-11-5-4-6-12-21/h7-10,13-16,19-21H,4-6,11-12,17-18H2,1-3H3,(H,28,31). The van der Waals surface area contributed by atoms with Crippen molar-refractivity contribution in [1.29, 1.82) is 0 Å². The summed E-state index contributed by atoms with van der Waals surface area (Å²) in [6.07, 6.45) is 5.55. The van der Waals surface area contributed by atoms with E-state index in [4.69, 9.17) is 9.72 Å². The number of benzene rings is 2. The van der Waals surface area contributed by atoms with Gasteiger partial charge in [-0.25, -0.2) is 4.98 Å². The van der Waals surface area contributed by atoms with E-state index in [1.165, 1.54) is 12.0 Å². The van der Waals surface area contributed by atoms with Crippen molar-refractivity contribution < 1.29 is 9.53 Å². The van der Waals surface area contributed by atoms with Crippen molar-refractivity contribution in [3.63, 3.8) is 0 Å². The Bertz CT molecular complexity index is 1050. The summed E-state index contributed by atoms with van der Waals surface area (Å²) in [5.74, 6) is 2.53. The molecule has 1 aliphatic rings. The van der Waals surface area contributed by atoms with Crippen LogP contribution in [0.15, 0.2) is 48.5 Å². The summed E-state index contributed by atoms with van der Waals surface area (Å²) < 4.78 is 8.39. The molecular formula is C27H35N3O2. The number of nitrogens with zero attached hydrogens (tertiary/aromatic N) is 2. The number of para-hydroxylation sites is 3. The van der Waals surface area contributed by atoms with Gasteiger partial charge in [-0.1, -0.05) is 63.4 Å². The molecular weight excluding hydrogens is 398 g/mol. The van der Waals surface area contributed by atoms with Crippen molar-refractivity contribution in [2.24, 2.45) is 5.92 Å². The van der Waals surface area contributed by atoms with E-state index in [0.717, 1.165) is 48.3 Å². The Hall–Kier alpha value is -2.82. The number of hydrogen-bond acceptors (Lipinski definition) is 3. The average molecular weight is 434 g/mol. The van der Waals surface area contributed by atoms with Crippen LogP contribution in [0.5, 0.6) is 5.75 Å². The lowest BCUT2D eigenvalue weighted by Crippen LogP contribution is -2.35. The van der Waals surface area contributed by atoms with Gasteiger partial charge in [0, 0.05) is 5.92 Å². The summed E-state index contributed by atoms with van der Waals surface area (Å²) in [4.78, 5) is 17.7. The maximum absolute atomic E-state index is 12.8. The number of imidazole rings is 1. The maximum atomic E-state index is 12.8. The molecule has 0 radical (unpaired) electrons. The number of fused-ring (bicyclic) bond motifs is 1. The second kappa shape index (κ2) is 10.2. The van der Waals surface area contributed by atoms with Crippen molar-refractivity contribution in [3.05, 3.63) is 59.9 Å². The predicted octanol–water partition coefficient (Wildman–Crippen LogP) is 6.00. The number of carbonyl (C=O) groups is 1. The van der Waals surface area contributed by atoms with Gasteiger partial charge in [-0.15, -0.1) is 0 Å². The van der Waals surface area contributed by atoms with Crippen molar-refractivity contribution in [1.82, 2.24) is 14.9 Å². The lowest BCUT2D eigenvalue weighted by Gasteiger charge is -2.23. The molecule has 1 amide bonds. The first-order chi connectivity index (χ1) is 15.5. The van der Waals surface area contributed by atoms with Crippen LogP contribution in [0, 0.1) is 5.92 Å². The van der Waals surface area contributed by atoms with Crippen LogP contribution < -0.4 is 10.1 Å². The van der Waals surface area contributed by atoms with Crippen LogP contribution in [0.1, 0.15) is 76.2 Å². The molecule has 0 saturated heterocycles. The third-order valence-electron chi connectivity index (χ3n) is 6.52. The van der Waals surface area contributed by atoms with E-state index in [-0.39, 0.29) is 17.9 Å². The predicted molar refractivity (Wildman–Crippen MR) is 129 cm³/mol. The molecule has 4 rings (SSSR count). The van der Waals surface area contributed by atoms with E-state index < -0.39 is 0 Å². The highest BCUT2D eigenvalue weighted by atomic mass is 16.5. The summed E-state index contributed by atoms with van der Waals surface area (Å²) in [5, 5.41) is 3.24. The van der Waals surface area contributed by atoms with Crippen LogP contribution in [-0.2, 0) is 11.3 Å². The molecule has 1 unspecified atom stereocenters. The molecule has 2 aromatic carbocycles. The molecule has 0 bridgehead atoms. The fraction of sp³-hybridized carbons (Fsp3) is 0.481. The molecule has 3 aromatic rings. The molecule has 0 spiro atoms. The molecule has 5 heteroatoms. The summed E-state index contributed by atoms with van der Waals surface area (Å²) in [6, 6.07) is 16.2. The highest BCUT2D eigenvalue weighted by Gasteiger charge is 2.25. The fourth-order valence-electron chi connectivity index (χ4n) is 4.76. The number of carbonyl (C=O) groups excluding carboxylic acids is 1. The third kappa shape index (κ3) is 4.98. The number of hydrogen-bond donors (Lipinski definition) is 1. The van der Waals surface area contributed by atoms with E-state index in [0.29, 0.717) is 19.1 Å². The zero-order valence-corrected chi connectivity index (χ0v) is 19.5. The van der Waals surface area contributed by atoms with Crippen LogP contribution in [0.25, 0.3) is 11.0 Å². The van der Waals surface area contributed by atoms with Gasteiger partial charge < -0.3 is 14.6 Å². The smallest absolute Gasteiger partial charge is 0.223 e. The lowest BCUT2D eigenvalue weighted by atomic mass is 9.88. The van der Waals surface area contributed by atoms with Crippen LogP contribution in [0.4, 0.5) is 0 Å². The highest BCUT2D eigenvalue weighted by molar-refractivity contribution is 5.80. The monoisotopic (exact) mass is 433 g/mol. The van der Waals surface area contributed by atoms with Crippen molar-refractivity contribution in [2.75, 3.05) is 6.61 Å². The number of rotatable bonds is 8. The van der Waals surface area contributed by atoms with E-state index in [1.807, 2.05) is 37.3 Å². The Morgan fingerprint density at radius 3 is 2.56 bits per heavy atom. The van der Waals surface area contributed by atoms with Crippen LogP contribution in [0.2, 0.25) is 0 Å². The number of nitrogens with one attached hydrogen (secondary N) is 1. The molecule has 1 N–H and O–H groups in total. The average Bonchev–Trinajstić information content (AvgIpc) is 3.18. The Labute approximate surface area is 191 Å². The first-order valence-electron chi connectivity index (χ1n) is 12.0. The first-order valence-corrected chi connectivity index (χ1v) is 12.0. The summed E-state index contributed by atoms with van der Waals surface area (Å²) >= 11 is 0. The minimum atomic E-state index is -0.153. The molecule has 5 nitrogen and oxygen atoms in total. The van der Waals surface area contributed by atoms with Gasteiger partial charge in [0.05, 0.1) is 23.6 Å². The molecule has 32 heavy (non-hydrogen) atoms. The number of amides is 1. The Morgan fingerprint density at radius 1 is 1.06 bits per heavy atom. The molecule has 1 aromatic heterocycles. The van der Waals surface area contributed by atoms with E-state index in [9.17, 15) is 4.79 Å². The second-order valence-corrected chi connectivity index (χ2v) is 9.22. The highest BCUT2D eigenvalue weighted by Crippen LogP contribution is 2.27. The maximum Gasteiger partial charge on any atom is 0.223 e. The van der Waals surface area contributed by atoms with Crippen molar-refractivity contribution in [2.45, 2.75) is 71.4 Å². The van der Waals surface area contributed by atoms with Gasteiger partial charge >= 0.3 is 0 Å². The molecule has 1 aliphatic carbocycles. The van der Waals surface area contributed by atoms with Gasteiger partial charge in [0.1, 0.15) is 18.2 Å². The topological polar surface area (TPSA) is 56.1 Å². The van der Waals surface area contributed by atoms with Crippen LogP contribution in [-0.4, -0.2) is 22.1 Å². The molecule has 170 valence electrons. The summed E-state index contributed by atoms with van der Waals surface area (Å²) in [5.41, 5.74) is 3.24. The van der Waals surface area contributed by atoms with Gasteiger partial charge in [0.15, 0.2) is 0 Å². The van der Waals surface area contributed by atoms with Gasteiger partial charge in [0.25, 0.3) is 0 Å². The van der Waals surface area contributed by atoms with Gasteiger partial charge in [-0.3, -0.25) is 4.79 Å². The Morgan fingerprint density at radius 2 is 1.78 bits per heavy atom. The molecule has 1 atom stereocenters. The third-order valence-corrected chi connectivity index (χ3v) is 6.52. The molecule has 0 aliphatic heterocycles. The van der Waals surface area contributed by atoms with Crippen molar-refractivity contribution in [3.8, 4) is 5.75 Å². The summed E-state index contributed by atoms with van der Waals surface area (Å²) in [7, 11) is 0. The largest absolute Gasteiger partial charge is 0.491 e. The minimum Gasteiger partial charge on any atom is -0.491 e. The van der Waals surface area contributed by atoms with Crippen molar-refractivity contribution >= 4 is 16.9 Å². The summed E-state index contributed by atoms with van der Waals surface area (Å²) in [6.45, 7) is 7.61. The number of aromatic nitrogens is 2. The first kappa shape index (κ1) is 22.4. The van der Waals surface area contributed by atoms with E-state index in [2.05, 4.69) is 41.9 Å². The van der Waals surface area contributed by atoms with E-state index >= 15 is 0 Å². The molecule has 1 heterocycles. The Kier molecular flexibility index (Phi) is 7.13. The zero-order valence-electron chi connectivity index (χ0n) is 19.5. The fourth-order valence-corrected chi connectivity index (χ4v) is 4.76. The molecule has 1 fully saturated rings. The zero-order chi connectivity index (χ0) is 22.5. The lowest BCUT2D eigenvalue weighted by molar-refractivity contribution is -0.126. The van der Waals surface area contributed by atoms with Gasteiger partial charge in [-0.2, -0.15) is 0 Å². The van der Waals surface area contributed by atoms with Crippen LogP contribution >= 0.6 is 0 Å². The normalized spacial score (nSPS) is 15.8. The van der Waals surface area contributed by atoms with Gasteiger partial charge in [-0.05, 0) is 49.4 Å². The quantitative estimate of drug-likeness (QED) is 0.474. The molecule has 1 saturated carbocycles. The second-order valence-electron chi connectivity index (χ2n) is 9.22. The van der Waals surface area contributed by atoms with E-state index in [1.54, 1.807) is 0 Å². The van der Waals surface area contributed by atoms with Crippen LogP contribution in [0.3, 0.4) is 0 Å². The number of ether oxygens (including phenoxy) is 1. The Balaban J connectivity index is 1.51. The minimum absolute atomic E-state index is 0.139. The SMILES string of the molecule is CC(C)c1ccccc1OCCn1c(C(C)NC(=O)C2CCCCC2)nc2ccccc21.